The lowest BCUT2D eigenvalue weighted by atomic mass is 10.2. The summed E-state index contributed by atoms with van der Waals surface area (Å²) in [6, 6.07) is 2.31. The highest BCUT2D eigenvalue weighted by Gasteiger charge is 2.34. The molecule has 3 rings (SSSR count). The number of nitrogens with zero attached hydrogens (tertiary/aromatic N) is 6. The zero-order valence-electron chi connectivity index (χ0n) is 14.5. The SMILES string of the molecule is CO[C@@H]1CN(c2ccnc(NCCn3ccnc3)n2)C[C@@H]1N(C)C. The largest absolute Gasteiger partial charge is 0.378 e. The first-order valence-corrected chi connectivity index (χ1v) is 8.14. The molecule has 0 aliphatic carbocycles. The van der Waals surface area contributed by atoms with Crippen molar-refractivity contribution in [2.75, 3.05) is 51.1 Å². The zero-order chi connectivity index (χ0) is 16.9. The summed E-state index contributed by atoms with van der Waals surface area (Å²) in [6.07, 6.45) is 7.50. The van der Waals surface area contributed by atoms with Crippen molar-refractivity contribution in [3.8, 4) is 0 Å². The molecule has 24 heavy (non-hydrogen) atoms. The Morgan fingerprint density at radius 3 is 2.88 bits per heavy atom. The summed E-state index contributed by atoms with van der Waals surface area (Å²) in [5.74, 6) is 1.58. The average Bonchev–Trinajstić information content (AvgIpc) is 3.24. The monoisotopic (exact) mass is 331 g/mol. The predicted octanol–water partition coefficient (Wildman–Crippen LogP) is 0.550. The minimum absolute atomic E-state index is 0.188. The van der Waals surface area contributed by atoms with Crippen molar-refractivity contribution in [2.45, 2.75) is 18.7 Å². The van der Waals surface area contributed by atoms with E-state index >= 15 is 0 Å². The number of hydrogen-bond donors (Lipinski definition) is 1. The number of methoxy groups -OCH3 is 1. The van der Waals surface area contributed by atoms with Gasteiger partial charge in [-0.3, -0.25) is 0 Å². The molecule has 0 saturated carbocycles. The molecule has 2 atom stereocenters. The van der Waals surface area contributed by atoms with E-state index in [1.54, 1.807) is 25.8 Å². The summed E-state index contributed by atoms with van der Waals surface area (Å²) in [4.78, 5) is 17.4. The van der Waals surface area contributed by atoms with Crippen LogP contribution < -0.4 is 10.2 Å². The molecule has 1 saturated heterocycles. The van der Waals surface area contributed by atoms with Gasteiger partial charge >= 0.3 is 0 Å². The van der Waals surface area contributed by atoms with Crippen LogP contribution in [0.15, 0.2) is 31.0 Å². The molecule has 1 aliphatic rings. The summed E-state index contributed by atoms with van der Waals surface area (Å²) in [7, 11) is 5.94. The van der Waals surface area contributed by atoms with Crippen molar-refractivity contribution in [3.05, 3.63) is 31.0 Å². The number of hydrogen-bond acceptors (Lipinski definition) is 7. The van der Waals surface area contributed by atoms with Gasteiger partial charge in [0.15, 0.2) is 0 Å². The minimum Gasteiger partial charge on any atom is -0.378 e. The number of likely N-dealkylation sites (N-methyl/N-ethyl adjacent to an activating group) is 1. The third-order valence-electron chi connectivity index (χ3n) is 4.38. The molecule has 8 heteroatoms. The second kappa shape index (κ2) is 7.59. The maximum absolute atomic E-state index is 5.62. The fourth-order valence-electron chi connectivity index (χ4n) is 3.00. The van der Waals surface area contributed by atoms with Gasteiger partial charge in [-0.15, -0.1) is 0 Å². The molecular formula is C16H25N7O. The van der Waals surface area contributed by atoms with E-state index in [-0.39, 0.29) is 6.10 Å². The van der Waals surface area contributed by atoms with Crippen LogP contribution in [0.2, 0.25) is 0 Å². The summed E-state index contributed by atoms with van der Waals surface area (Å²) in [5.41, 5.74) is 0. The fraction of sp³-hybridized carbons (Fsp3) is 0.562. The van der Waals surface area contributed by atoms with Gasteiger partial charge in [0, 0.05) is 51.9 Å². The van der Waals surface area contributed by atoms with Crippen LogP contribution in [0.4, 0.5) is 11.8 Å². The van der Waals surface area contributed by atoms with Crippen LogP contribution >= 0.6 is 0 Å². The Hall–Kier alpha value is -2.19. The highest BCUT2D eigenvalue weighted by Crippen LogP contribution is 2.22. The van der Waals surface area contributed by atoms with Gasteiger partial charge in [0.05, 0.1) is 18.5 Å². The molecule has 1 aliphatic heterocycles. The van der Waals surface area contributed by atoms with E-state index in [9.17, 15) is 0 Å². The molecule has 0 radical (unpaired) electrons. The molecule has 0 aromatic carbocycles. The molecule has 1 N–H and O–H groups in total. The molecule has 0 bridgehead atoms. The number of nitrogens with one attached hydrogen (secondary N) is 1. The summed E-state index contributed by atoms with van der Waals surface area (Å²) < 4.78 is 7.64. The van der Waals surface area contributed by atoms with Gasteiger partial charge in [-0.2, -0.15) is 4.98 Å². The Balaban J connectivity index is 1.60. The fourth-order valence-corrected chi connectivity index (χ4v) is 3.00. The van der Waals surface area contributed by atoms with E-state index < -0.39 is 0 Å². The smallest absolute Gasteiger partial charge is 0.224 e. The van der Waals surface area contributed by atoms with Gasteiger partial charge in [-0.05, 0) is 20.2 Å². The van der Waals surface area contributed by atoms with E-state index in [1.165, 1.54) is 0 Å². The van der Waals surface area contributed by atoms with Gasteiger partial charge in [0.1, 0.15) is 5.82 Å². The van der Waals surface area contributed by atoms with Crippen molar-refractivity contribution >= 4 is 11.8 Å². The van der Waals surface area contributed by atoms with Crippen LogP contribution in [0.25, 0.3) is 0 Å². The first-order chi connectivity index (χ1) is 11.7. The van der Waals surface area contributed by atoms with E-state index in [2.05, 4.69) is 44.2 Å². The third-order valence-corrected chi connectivity index (χ3v) is 4.38. The van der Waals surface area contributed by atoms with Gasteiger partial charge in [-0.1, -0.05) is 0 Å². The van der Waals surface area contributed by atoms with Crippen molar-refractivity contribution < 1.29 is 4.74 Å². The van der Waals surface area contributed by atoms with E-state index in [4.69, 9.17) is 4.74 Å². The summed E-state index contributed by atoms with van der Waals surface area (Å²) in [5, 5.41) is 3.27. The lowest BCUT2D eigenvalue weighted by Gasteiger charge is -2.23. The highest BCUT2D eigenvalue weighted by atomic mass is 16.5. The van der Waals surface area contributed by atoms with E-state index in [1.807, 2.05) is 16.8 Å². The maximum atomic E-state index is 5.62. The third kappa shape index (κ3) is 3.82. The predicted molar refractivity (Wildman–Crippen MR) is 93.2 cm³/mol. The second-order valence-electron chi connectivity index (χ2n) is 6.18. The van der Waals surface area contributed by atoms with Gasteiger partial charge in [0.25, 0.3) is 0 Å². The van der Waals surface area contributed by atoms with E-state index in [0.29, 0.717) is 12.0 Å². The molecule has 2 aromatic heterocycles. The standard InChI is InChI=1S/C16H25N7O/c1-21(2)13-10-23(11-14(13)24-3)15-4-5-18-16(20-15)19-7-9-22-8-6-17-12-22/h4-6,8,12-14H,7,9-11H2,1-3H3,(H,18,19,20)/t13-,14+/m0/s1. The van der Waals surface area contributed by atoms with E-state index in [0.717, 1.165) is 32.0 Å². The highest BCUT2D eigenvalue weighted by molar-refractivity contribution is 5.44. The Morgan fingerprint density at radius 1 is 1.33 bits per heavy atom. The van der Waals surface area contributed by atoms with Crippen LogP contribution in [0, 0.1) is 0 Å². The average molecular weight is 331 g/mol. The summed E-state index contributed by atoms with van der Waals surface area (Å²) in [6.45, 7) is 3.31. The Labute approximate surface area is 142 Å². The molecule has 0 amide bonds. The van der Waals surface area contributed by atoms with Gasteiger partial charge < -0.3 is 24.4 Å². The van der Waals surface area contributed by atoms with Crippen molar-refractivity contribution in [1.82, 2.24) is 24.4 Å². The van der Waals surface area contributed by atoms with Crippen molar-refractivity contribution in [1.29, 1.82) is 0 Å². The van der Waals surface area contributed by atoms with Crippen molar-refractivity contribution in [2.24, 2.45) is 0 Å². The number of rotatable bonds is 7. The van der Waals surface area contributed by atoms with Gasteiger partial charge in [-0.25, -0.2) is 9.97 Å². The Bertz CT molecular complexity index is 631. The maximum Gasteiger partial charge on any atom is 0.224 e. The molecule has 0 spiro atoms. The second-order valence-corrected chi connectivity index (χ2v) is 6.18. The number of ether oxygens (including phenoxy) is 1. The molecule has 8 nitrogen and oxygen atoms in total. The number of anilines is 2. The normalized spacial score (nSPS) is 20.8. The van der Waals surface area contributed by atoms with Gasteiger partial charge in [0.2, 0.25) is 5.95 Å². The number of aromatic nitrogens is 4. The topological polar surface area (TPSA) is 71.3 Å². The molecule has 130 valence electrons. The Morgan fingerprint density at radius 2 is 2.21 bits per heavy atom. The lowest BCUT2D eigenvalue weighted by Crippen LogP contribution is -2.39. The summed E-state index contributed by atoms with van der Waals surface area (Å²) >= 11 is 0. The molecule has 0 unspecified atom stereocenters. The first kappa shape index (κ1) is 16.7. The van der Waals surface area contributed by atoms with Crippen LogP contribution in [0.3, 0.4) is 0 Å². The van der Waals surface area contributed by atoms with Crippen LogP contribution in [-0.4, -0.2) is 77.4 Å². The zero-order valence-corrected chi connectivity index (χ0v) is 14.5. The van der Waals surface area contributed by atoms with Crippen LogP contribution in [0.1, 0.15) is 0 Å². The molecule has 2 aromatic rings. The quantitative estimate of drug-likeness (QED) is 0.794. The van der Waals surface area contributed by atoms with Crippen LogP contribution in [0.5, 0.6) is 0 Å². The minimum atomic E-state index is 0.188. The number of imidazole rings is 1. The molecular weight excluding hydrogens is 306 g/mol. The first-order valence-electron chi connectivity index (χ1n) is 8.14. The van der Waals surface area contributed by atoms with Crippen LogP contribution in [-0.2, 0) is 11.3 Å². The molecule has 3 heterocycles. The molecule has 1 fully saturated rings. The Kier molecular flexibility index (Phi) is 5.27. The van der Waals surface area contributed by atoms with Crippen molar-refractivity contribution in [3.63, 3.8) is 0 Å². The lowest BCUT2D eigenvalue weighted by molar-refractivity contribution is 0.0639.